The zero-order chi connectivity index (χ0) is 13.8. The van der Waals surface area contributed by atoms with Gasteiger partial charge in [0.2, 0.25) is 5.88 Å². The highest BCUT2D eigenvalue weighted by Gasteiger charge is 2.13. The van der Waals surface area contributed by atoms with Gasteiger partial charge in [-0.2, -0.15) is 0 Å². The lowest BCUT2D eigenvalue weighted by Gasteiger charge is -2.13. The number of anilines is 1. The summed E-state index contributed by atoms with van der Waals surface area (Å²) in [4.78, 5) is 0. The zero-order valence-corrected chi connectivity index (χ0v) is 11.4. The Kier molecular flexibility index (Phi) is 3.94. The fourth-order valence-electron chi connectivity index (χ4n) is 1.89. The summed E-state index contributed by atoms with van der Waals surface area (Å²) < 4.78 is 16.1. The molecule has 102 valence electrons. The van der Waals surface area contributed by atoms with Gasteiger partial charge in [-0.05, 0) is 38.5 Å². The third-order valence-corrected chi connectivity index (χ3v) is 2.69. The number of benzene rings is 1. The molecule has 0 aliphatic heterocycles. The second-order valence-electron chi connectivity index (χ2n) is 4.09. The lowest BCUT2D eigenvalue weighted by molar-refractivity contribution is 0.287. The van der Waals surface area contributed by atoms with E-state index in [0.29, 0.717) is 30.5 Å². The van der Waals surface area contributed by atoms with E-state index in [1.807, 2.05) is 32.9 Å². The van der Waals surface area contributed by atoms with Crippen LogP contribution >= 0.6 is 0 Å². The summed E-state index contributed by atoms with van der Waals surface area (Å²) >= 11 is 0. The summed E-state index contributed by atoms with van der Waals surface area (Å²) in [6.45, 7) is 7.03. The molecule has 1 aromatic carbocycles. The molecule has 19 heavy (non-hydrogen) atoms. The van der Waals surface area contributed by atoms with Gasteiger partial charge in [0.25, 0.3) is 0 Å². The third-order valence-electron chi connectivity index (χ3n) is 2.69. The predicted octanol–water partition coefficient (Wildman–Crippen LogP) is 3.03. The van der Waals surface area contributed by atoms with Crippen LogP contribution in [0.2, 0.25) is 0 Å². The molecular weight excluding hydrogens is 244 g/mol. The highest BCUT2D eigenvalue weighted by Crippen LogP contribution is 2.35. The summed E-state index contributed by atoms with van der Waals surface area (Å²) in [7, 11) is 0. The smallest absolute Gasteiger partial charge is 0.222 e. The number of rotatable bonds is 5. The second-order valence-corrected chi connectivity index (χ2v) is 4.09. The lowest BCUT2D eigenvalue weighted by Crippen LogP contribution is -1.99. The predicted molar refractivity (Wildman–Crippen MR) is 73.4 cm³/mol. The average Bonchev–Trinajstić information content (AvgIpc) is 2.79. The molecule has 5 heteroatoms. The van der Waals surface area contributed by atoms with Crippen molar-refractivity contribution in [3.05, 3.63) is 23.8 Å². The summed E-state index contributed by atoms with van der Waals surface area (Å²) in [6.07, 6.45) is 0. The Morgan fingerprint density at radius 3 is 2.26 bits per heavy atom. The van der Waals surface area contributed by atoms with E-state index in [1.165, 1.54) is 0 Å². The largest absolute Gasteiger partial charge is 0.490 e. The highest BCUT2D eigenvalue weighted by molar-refractivity contribution is 5.69. The van der Waals surface area contributed by atoms with Crippen molar-refractivity contribution in [2.75, 3.05) is 18.9 Å². The molecule has 0 aliphatic rings. The van der Waals surface area contributed by atoms with Crippen molar-refractivity contribution in [1.82, 2.24) is 5.16 Å². The van der Waals surface area contributed by atoms with Crippen LogP contribution in [0.4, 0.5) is 5.88 Å². The molecule has 0 bridgehead atoms. The maximum Gasteiger partial charge on any atom is 0.222 e. The Morgan fingerprint density at radius 1 is 1.11 bits per heavy atom. The quantitative estimate of drug-likeness (QED) is 0.896. The molecule has 0 unspecified atom stereocenters. The summed E-state index contributed by atoms with van der Waals surface area (Å²) in [5.74, 6) is 1.73. The highest BCUT2D eigenvalue weighted by atomic mass is 16.5. The van der Waals surface area contributed by atoms with Crippen LogP contribution in [0.5, 0.6) is 11.5 Å². The van der Waals surface area contributed by atoms with Crippen molar-refractivity contribution in [2.45, 2.75) is 20.8 Å². The minimum atomic E-state index is 0.293. The van der Waals surface area contributed by atoms with Crippen molar-refractivity contribution in [1.29, 1.82) is 0 Å². The van der Waals surface area contributed by atoms with Crippen LogP contribution in [-0.2, 0) is 0 Å². The maximum absolute atomic E-state index is 5.60. The third kappa shape index (κ3) is 2.81. The van der Waals surface area contributed by atoms with E-state index in [0.717, 1.165) is 16.9 Å². The minimum Gasteiger partial charge on any atom is -0.490 e. The van der Waals surface area contributed by atoms with Gasteiger partial charge in [0, 0.05) is 11.6 Å². The number of aryl methyl sites for hydroxylation is 1. The summed E-state index contributed by atoms with van der Waals surface area (Å²) in [5, 5.41) is 3.93. The molecule has 5 nitrogen and oxygen atoms in total. The van der Waals surface area contributed by atoms with E-state index >= 15 is 0 Å². The molecule has 0 fully saturated rings. The molecule has 0 saturated carbocycles. The number of nitrogens with two attached hydrogens (primary N) is 1. The molecule has 0 aliphatic carbocycles. The Labute approximate surface area is 112 Å². The van der Waals surface area contributed by atoms with Gasteiger partial charge in [-0.1, -0.05) is 5.16 Å². The number of aromatic nitrogens is 1. The van der Waals surface area contributed by atoms with E-state index in [-0.39, 0.29) is 0 Å². The Balaban J connectivity index is 2.47. The Hall–Kier alpha value is -2.17. The monoisotopic (exact) mass is 262 g/mol. The molecule has 2 aromatic rings. The molecule has 0 amide bonds. The molecule has 2 N–H and O–H groups in total. The minimum absolute atomic E-state index is 0.293. The first-order valence-corrected chi connectivity index (χ1v) is 6.28. The van der Waals surface area contributed by atoms with Crippen LogP contribution in [0.15, 0.2) is 22.7 Å². The fraction of sp³-hybridized carbons (Fsp3) is 0.357. The van der Waals surface area contributed by atoms with Gasteiger partial charge < -0.3 is 19.7 Å². The Bertz CT molecular complexity index is 564. The van der Waals surface area contributed by atoms with E-state index in [2.05, 4.69) is 5.16 Å². The average molecular weight is 262 g/mol. The van der Waals surface area contributed by atoms with Gasteiger partial charge in [-0.15, -0.1) is 0 Å². The first kappa shape index (κ1) is 13.3. The molecule has 2 rings (SSSR count). The molecule has 0 spiro atoms. The SMILES string of the molecule is CCOc1cc(C)c(-c2cc(N)on2)cc1OCC. The van der Waals surface area contributed by atoms with Gasteiger partial charge >= 0.3 is 0 Å². The maximum atomic E-state index is 5.60. The molecular formula is C14H18N2O3. The van der Waals surface area contributed by atoms with Gasteiger partial charge in [0.15, 0.2) is 11.5 Å². The van der Waals surface area contributed by atoms with Crippen molar-refractivity contribution in [3.63, 3.8) is 0 Å². The van der Waals surface area contributed by atoms with Gasteiger partial charge in [-0.3, -0.25) is 0 Å². The fourth-order valence-corrected chi connectivity index (χ4v) is 1.89. The standard InChI is InChI=1S/C14H18N2O3/c1-4-17-12-6-9(3)10(7-13(12)18-5-2)11-8-14(15)19-16-11/h6-8H,4-5,15H2,1-3H3. The zero-order valence-electron chi connectivity index (χ0n) is 11.4. The van der Waals surface area contributed by atoms with Crippen molar-refractivity contribution < 1.29 is 14.0 Å². The number of nitrogen functional groups attached to an aromatic ring is 1. The van der Waals surface area contributed by atoms with Crippen LogP contribution in [0, 0.1) is 6.92 Å². The van der Waals surface area contributed by atoms with Crippen molar-refractivity contribution in [3.8, 4) is 22.8 Å². The van der Waals surface area contributed by atoms with Gasteiger partial charge in [0.05, 0.1) is 13.2 Å². The molecule has 0 saturated heterocycles. The van der Waals surface area contributed by atoms with Crippen LogP contribution in [0.1, 0.15) is 19.4 Å². The first-order chi connectivity index (χ1) is 9.15. The van der Waals surface area contributed by atoms with E-state index < -0.39 is 0 Å². The number of hydrogen-bond donors (Lipinski definition) is 1. The summed E-state index contributed by atoms with van der Waals surface area (Å²) in [6, 6.07) is 5.54. The van der Waals surface area contributed by atoms with Crippen LogP contribution < -0.4 is 15.2 Å². The number of ether oxygens (including phenoxy) is 2. The van der Waals surface area contributed by atoms with Crippen molar-refractivity contribution >= 4 is 5.88 Å². The van der Waals surface area contributed by atoms with Crippen LogP contribution in [-0.4, -0.2) is 18.4 Å². The van der Waals surface area contributed by atoms with E-state index in [1.54, 1.807) is 6.07 Å². The van der Waals surface area contributed by atoms with E-state index in [4.69, 9.17) is 19.7 Å². The van der Waals surface area contributed by atoms with E-state index in [9.17, 15) is 0 Å². The number of hydrogen-bond acceptors (Lipinski definition) is 5. The summed E-state index contributed by atoms with van der Waals surface area (Å²) in [5.41, 5.74) is 8.20. The van der Waals surface area contributed by atoms with Crippen molar-refractivity contribution in [2.24, 2.45) is 0 Å². The Morgan fingerprint density at radius 2 is 1.74 bits per heavy atom. The lowest BCUT2D eigenvalue weighted by atomic mass is 10.0. The second kappa shape index (κ2) is 5.65. The van der Waals surface area contributed by atoms with Gasteiger partial charge in [-0.25, -0.2) is 0 Å². The van der Waals surface area contributed by atoms with Gasteiger partial charge in [0.1, 0.15) is 5.69 Å². The molecule has 0 atom stereocenters. The molecule has 0 radical (unpaired) electrons. The topological polar surface area (TPSA) is 70.5 Å². The molecule has 1 heterocycles. The first-order valence-electron chi connectivity index (χ1n) is 6.28. The molecule has 1 aromatic heterocycles. The van der Waals surface area contributed by atoms with Crippen LogP contribution in [0.3, 0.4) is 0 Å². The van der Waals surface area contributed by atoms with Crippen LogP contribution in [0.25, 0.3) is 11.3 Å². The number of nitrogens with zero attached hydrogens (tertiary/aromatic N) is 1. The normalized spacial score (nSPS) is 10.5.